The molecule has 32 heavy (non-hydrogen) atoms. The number of carbonyl (C=O) groups excluding carboxylic acids is 1. The fourth-order valence-electron chi connectivity index (χ4n) is 5.01. The van der Waals surface area contributed by atoms with Crippen LogP contribution < -0.4 is 5.32 Å². The number of nitrogens with one attached hydrogen (secondary N) is 1. The number of benzene rings is 1. The standard InChI is InChI=1S/C25H36N4O2S/c1-2-18-3-5-19(6-4-18)20-13-21(24-27-23(17-32-24)14-26-22-7-8-22)16-29(15-20)25(30)28-9-11-31-12-10-28/h3-6,20-23,26H,2,7-17H2,1H3. The minimum absolute atomic E-state index is 0.170. The molecule has 5 rings (SSSR count). The zero-order valence-corrected chi connectivity index (χ0v) is 20.0. The van der Waals surface area contributed by atoms with Gasteiger partial charge in [-0.2, -0.15) is 0 Å². The molecule has 3 heterocycles. The van der Waals surface area contributed by atoms with Crippen LogP contribution >= 0.6 is 11.8 Å². The minimum Gasteiger partial charge on any atom is -0.378 e. The summed E-state index contributed by atoms with van der Waals surface area (Å²) in [5.41, 5.74) is 2.71. The van der Waals surface area contributed by atoms with Crippen LogP contribution in [0.5, 0.6) is 0 Å². The van der Waals surface area contributed by atoms with Gasteiger partial charge >= 0.3 is 6.03 Å². The van der Waals surface area contributed by atoms with Crippen molar-refractivity contribution >= 4 is 22.8 Å². The van der Waals surface area contributed by atoms with Crippen molar-refractivity contribution in [1.82, 2.24) is 15.1 Å². The van der Waals surface area contributed by atoms with Crippen molar-refractivity contribution in [2.24, 2.45) is 10.9 Å². The molecule has 0 radical (unpaired) electrons. The largest absolute Gasteiger partial charge is 0.378 e. The average molecular weight is 457 g/mol. The van der Waals surface area contributed by atoms with Crippen LogP contribution in [0.15, 0.2) is 29.3 Å². The molecule has 174 valence electrons. The molecule has 3 aliphatic heterocycles. The normalized spacial score (nSPS) is 28.7. The van der Waals surface area contributed by atoms with Crippen LogP contribution in [0.2, 0.25) is 0 Å². The number of aliphatic imine (C=N–C) groups is 1. The Kier molecular flexibility index (Phi) is 7.05. The van der Waals surface area contributed by atoms with E-state index in [2.05, 4.69) is 41.4 Å². The van der Waals surface area contributed by atoms with E-state index in [0.29, 0.717) is 44.2 Å². The Bertz CT molecular complexity index is 820. The van der Waals surface area contributed by atoms with Gasteiger partial charge in [0.25, 0.3) is 0 Å². The summed E-state index contributed by atoms with van der Waals surface area (Å²) in [5.74, 6) is 1.76. The van der Waals surface area contributed by atoms with Crippen molar-refractivity contribution in [2.45, 2.75) is 50.6 Å². The van der Waals surface area contributed by atoms with Crippen molar-refractivity contribution in [1.29, 1.82) is 0 Å². The predicted molar refractivity (Wildman–Crippen MR) is 131 cm³/mol. The lowest BCUT2D eigenvalue weighted by Crippen LogP contribution is -2.53. The number of hydrogen-bond acceptors (Lipinski definition) is 5. The van der Waals surface area contributed by atoms with Crippen molar-refractivity contribution < 1.29 is 9.53 Å². The van der Waals surface area contributed by atoms with Gasteiger partial charge in [-0.15, -0.1) is 11.8 Å². The minimum atomic E-state index is 0.170. The summed E-state index contributed by atoms with van der Waals surface area (Å²) < 4.78 is 5.47. The summed E-state index contributed by atoms with van der Waals surface area (Å²) in [6.45, 7) is 7.44. The summed E-state index contributed by atoms with van der Waals surface area (Å²) >= 11 is 1.92. The number of thioether (sulfide) groups is 1. The number of piperidine rings is 1. The van der Waals surface area contributed by atoms with Gasteiger partial charge < -0.3 is 19.9 Å². The molecule has 0 bridgehead atoms. The van der Waals surface area contributed by atoms with E-state index in [1.54, 1.807) is 0 Å². The van der Waals surface area contributed by atoms with Crippen molar-refractivity contribution in [2.75, 3.05) is 51.7 Å². The predicted octanol–water partition coefficient (Wildman–Crippen LogP) is 3.37. The molecule has 0 spiro atoms. The monoisotopic (exact) mass is 456 g/mol. The Hall–Kier alpha value is -1.57. The van der Waals surface area contributed by atoms with E-state index in [1.807, 2.05) is 16.7 Å². The SMILES string of the molecule is CCc1ccc(C2CC(C3=NC(CNC4CC4)CS3)CN(C(=O)N3CCOCC3)C2)cc1. The van der Waals surface area contributed by atoms with E-state index in [-0.39, 0.29) is 6.03 Å². The number of carbonyl (C=O) groups is 1. The Morgan fingerprint density at radius 3 is 2.59 bits per heavy atom. The molecule has 6 nitrogen and oxygen atoms in total. The Morgan fingerprint density at radius 2 is 1.88 bits per heavy atom. The maximum atomic E-state index is 13.4. The van der Waals surface area contributed by atoms with Gasteiger partial charge in [0.05, 0.1) is 24.3 Å². The van der Waals surface area contributed by atoms with Crippen LogP contribution in [-0.2, 0) is 11.2 Å². The van der Waals surface area contributed by atoms with Crippen LogP contribution in [0.4, 0.5) is 4.79 Å². The maximum Gasteiger partial charge on any atom is 0.320 e. The zero-order chi connectivity index (χ0) is 21.9. The Labute approximate surface area is 196 Å². The van der Waals surface area contributed by atoms with Gasteiger partial charge in [0, 0.05) is 56.4 Å². The fourth-order valence-corrected chi connectivity index (χ4v) is 6.20. The van der Waals surface area contributed by atoms with Crippen molar-refractivity contribution in [3.8, 4) is 0 Å². The molecular weight excluding hydrogens is 420 g/mol. The number of amides is 2. The first-order chi connectivity index (χ1) is 15.7. The molecule has 1 N–H and O–H groups in total. The second-order valence-corrected chi connectivity index (χ2v) is 10.7. The average Bonchev–Trinajstić information content (AvgIpc) is 3.57. The Balaban J connectivity index is 1.32. The molecule has 3 fully saturated rings. The molecule has 1 aliphatic carbocycles. The summed E-state index contributed by atoms with van der Waals surface area (Å²) in [6, 6.07) is 10.3. The highest BCUT2D eigenvalue weighted by Crippen LogP contribution is 2.36. The number of ether oxygens (including phenoxy) is 1. The van der Waals surface area contributed by atoms with E-state index in [0.717, 1.165) is 44.3 Å². The van der Waals surface area contributed by atoms with Gasteiger partial charge in [0.15, 0.2) is 0 Å². The highest BCUT2D eigenvalue weighted by Gasteiger charge is 2.37. The van der Waals surface area contributed by atoms with E-state index in [9.17, 15) is 4.79 Å². The van der Waals surface area contributed by atoms with Gasteiger partial charge in [0.2, 0.25) is 0 Å². The molecule has 2 saturated heterocycles. The fraction of sp³-hybridized carbons (Fsp3) is 0.680. The quantitative estimate of drug-likeness (QED) is 0.713. The topological polar surface area (TPSA) is 57.2 Å². The lowest BCUT2D eigenvalue weighted by atomic mass is 9.84. The number of nitrogens with zero attached hydrogens (tertiary/aromatic N) is 3. The van der Waals surface area contributed by atoms with Crippen molar-refractivity contribution in [3.05, 3.63) is 35.4 Å². The first kappa shape index (κ1) is 22.2. The number of likely N-dealkylation sites (tertiary alicyclic amines) is 1. The zero-order valence-electron chi connectivity index (χ0n) is 19.2. The first-order valence-corrected chi connectivity index (χ1v) is 13.3. The number of morpholine rings is 1. The van der Waals surface area contributed by atoms with E-state index >= 15 is 0 Å². The lowest BCUT2D eigenvalue weighted by molar-refractivity contribution is 0.0396. The second-order valence-electron chi connectivity index (χ2n) is 9.63. The van der Waals surface area contributed by atoms with Crippen LogP contribution in [-0.4, -0.2) is 84.6 Å². The molecular formula is C25H36N4O2S. The molecule has 1 saturated carbocycles. The third-order valence-corrected chi connectivity index (χ3v) is 8.45. The van der Waals surface area contributed by atoms with Gasteiger partial charge in [-0.05, 0) is 36.8 Å². The van der Waals surface area contributed by atoms with E-state index < -0.39 is 0 Å². The molecule has 4 aliphatic rings. The molecule has 3 atom stereocenters. The molecule has 0 aromatic heterocycles. The van der Waals surface area contributed by atoms with Gasteiger partial charge in [-0.3, -0.25) is 4.99 Å². The maximum absolute atomic E-state index is 13.4. The summed E-state index contributed by atoms with van der Waals surface area (Å²) in [4.78, 5) is 22.6. The highest BCUT2D eigenvalue weighted by molar-refractivity contribution is 8.14. The molecule has 2 amide bonds. The number of rotatable bonds is 6. The van der Waals surface area contributed by atoms with Gasteiger partial charge in [-0.25, -0.2) is 4.79 Å². The number of hydrogen-bond donors (Lipinski definition) is 1. The van der Waals surface area contributed by atoms with Crippen molar-refractivity contribution in [3.63, 3.8) is 0 Å². The summed E-state index contributed by atoms with van der Waals surface area (Å²) in [5, 5.41) is 4.90. The Morgan fingerprint density at radius 1 is 1.12 bits per heavy atom. The van der Waals surface area contributed by atoms with Crippen LogP contribution in [0, 0.1) is 5.92 Å². The van der Waals surface area contributed by atoms with Crippen LogP contribution in [0.3, 0.4) is 0 Å². The van der Waals surface area contributed by atoms with Crippen LogP contribution in [0.25, 0.3) is 0 Å². The third-order valence-electron chi connectivity index (χ3n) is 7.16. The van der Waals surface area contributed by atoms with E-state index in [4.69, 9.17) is 9.73 Å². The smallest absolute Gasteiger partial charge is 0.320 e. The third kappa shape index (κ3) is 5.32. The van der Waals surface area contributed by atoms with Gasteiger partial charge in [0.1, 0.15) is 0 Å². The van der Waals surface area contributed by atoms with E-state index in [1.165, 1.54) is 29.0 Å². The molecule has 3 unspecified atom stereocenters. The molecule has 7 heteroatoms. The van der Waals surface area contributed by atoms with Crippen LogP contribution in [0.1, 0.15) is 43.2 Å². The number of aryl methyl sites for hydroxylation is 1. The second kappa shape index (κ2) is 10.1. The lowest BCUT2D eigenvalue weighted by Gasteiger charge is -2.41. The highest BCUT2D eigenvalue weighted by atomic mass is 32.2. The molecule has 1 aromatic carbocycles. The molecule has 1 aromatic rings. The first-order valence-electron chi connectivity index (χ1n) is 12.3. The van der Waals surface area contributed by atoms with Gasteiger partial charge in [-0.1, -0.05) is 31.2 Å². The number of urea groups is 1. The summed E-state index contributed by atoms with van der Waals surface area (Å²) in [6.07, 6.45) is 4.76. The summed E-state index contributed by atoms with van der Waals surface area (Å²) in [7, 11) is 0.